The van der Waals surface area contributed by atoms with Crippen LogP contribution in [-0.4, -0.2) is 42.5 Å². The Bertz CT molecular complexity index is 431. The molecule has 1 aromatic heterocycles. The molecule has 3 nitrogen and oxygen atoms in total. The summed E-state index contributed by atoms with van der Waals surface area (Å²) in [5.74, 6) is 0.265. The summed E-state index contributed by atoms with van der Waals surface area (Å²) in [6.07, 6.45) is 4.07. The average Bonchev–Trinajstić information content (AvgIpc) is 2.96. The molecule has 3 rings (SSSR count). The van der Waals surface area contributed by atoms with Gasteiger partial charge in [-0.3, -0.25) is 9.69 Å². The van der Waals surface area contributed by atoms with Crippen LogP contribution in [-0.2, 0) is 11.2 Å². The summed E-state index contributed by atoms with van der Waals surface area (Å²) in [7, 11) is 0. The normalized spacial score (nSPS) is 27.6. The number of carbonyl (C=O) groups is 1. The van der Waals surface area contributed by atoms with Crippen molar-refractivity contribution in [2.75, 3.05) is 19.6 Å². The van der Waals surface area contributed by atoms with Gasteiger partial charge in [0.05, 0.1) is 23.6 Å². The van der Waals surface area contributed by atoms with Gasteiger partial charge in [0.15, 0.2) is 5.78 Å². The van der Waals surface area contributed by atoms with E-state index in [9.17, 15) is 4.79 Å². The number of carbonyl (C=O) groups excluding carboxylic acids is 1. The minimum absolute atomic E-state index is 0.265. The minimum Gasteiger partial charge on any atom is -0.372 e. The Kier molecular flexibility index (Phi) is 3.50. The van der Waals surface area contributed by atoms with Gasteiger partial charge in [-0.25, -0.2) is 0 Å². The molecule has 2 unspecified atom stereocenters. The lowest BCUT2D eigenvalue weighted by molar-refractivity contribution is -0.0355. The highest BCUT2D eigenvalue weighted by Gasteiger charge is 2.34. The van der Waals surface area contributed by atoms with E-state index in [0.29, 0.717) is 18.8 Å². The van der Waals surface area contributed by atoms with Crippen LogP contribution in [0.3, 0.4) is 0 Å². The molecule has 1 aromatic rings. The first-order valence-corrected chi connectivity index (χ1v) is 7.56. The summed E-state index contributed by atoms with van der Waals surface area (Å²) in [5.41, 5.74) is 0. The maximum atomic E-state index is 12.2. The van der Waals surface area contributed by atoms with E-state index in [1.54, 1.807) is 11.3 Å². The second kappa shape index (κ2) is 5.11. The van der Waals surface area contributed by atoms with Crippen molar-refractivity contribution < 1.29 is 9.53 Å². The first-order valence-electron chi connectivity index (χ1n) is 6.74. The number of morpholine rings is 1. The molecule has 0 aromatic carbocycles. The van der Waals surface area contributed by atoms with Crippen molar-refractivity contribution in [1.29, 1.82) is 0 Å². The first-order chi connectivity index (χ1) is 8.74. The number of hydrogen-bond donors (Lipinski definition) is 0. The van der Waals surface area contributed by atoms with Gasteiger partial charge in [-0.15, -0.1) is 11.3 Å². The van der Waals surface area contributed by atoms with Crippen LogP contribution < -0.4 is 0 Å². The minimum atomic E-state index is 0.265. The number of hydrogen-bond acceptors (Lipinski definition) is 4. The number of ketones is 1. The molecule has 2 fully saturated rings. The van der Waals surface area contributed by atoms with Gasteiger partial charge < -0.3 is 4.74 Å². The third-order valence-electron chi connectivity index (χ3n) is 3.77. The van der Waals surface area contributed by atoms with Crippen molar-refractivity contribution in [2.24, 2.45) is 0 Å². The second-order valence-electron chi connectivity index (χ2n) is 5.19. The molecule has 2 atom stereocenters. The Hall–Kier alpha value is -0.710. The monoisotopic (exact) mass is 265 g/mol. The van der Waals surface area contributed by atoms with Crippen molar-refractivity contribution in [1.82, 2.24) is 4.90 Å². The number of rotatable bonds is 4. The number of aryl methyl sites for hydroxylation is 1. The number of ether oxygens (including phenoxy) is 1. The van der Waals surface area contributed by atoms with Gasteiger partial charge in [0.2, 0.25) is 0 Å². The second-order valence-corrected chi connectivity index (χ2v) is 6.36. The predicted molar refractivity (Wildman–Crippen MR) is 72.4 cm³/mol. The maximum absolute atomic E-state index is 12.2. The number of thiophene rings is 1. The van der Waals surface area contributed by atoms with Crippen molar-refractivity contribution in [3.05, 3.63) is 21.9 Å². The van der Waals surface area contributed by atoms with E-state index in [-0.39, 0.29) is 5.78 Å². The summed E-state index contributed by atoms with van der Waals surface area (Å²) >= 11 is 1.64. The molecule has 2 saturated heterocycles. The molecule has 98 valence electrons. The zero-order chi connectivity index (χ0) is 12.5. The van der Waals surface area contributed by atoms with Gasteiger partial charge >= 0.3 is 0 Å². The molecule has 0 aliphatic carbocycles. The molecule has 0 N–H and O–H groups in total. The molecule has 2 aliphatic heterocycles. The van der Waals surface area contributed by atoms with Crippen LogP contribution in [0.1, 0.15) is 34.3 Å². The molecule has 2 aliphatic rings. The number of likely N-dealkylation sites (tertiary alicyclic amines) is 1. The smallest absolute Gasteiger partial charge is 0.186 e. The fraction of sp³-hybridized carbons (Fsp3) is 0.643. The Balaban J connectivity index is 1.60. The van der Waals surface area contributed by atoms with E-state index in [4.69, 9.17) is 4.74 Å². The highest BCUT2D eigenvalue weighted by atomic mass is 32.1. The van der Waals surface area contributed by atoms with Crippen LogP contribution >= 0.6 is 11.3 Å². The topological polar surface area (TPSA) is 29.5 Å². The van der Waals surface area contributed by atoms with Crippen LogP contribution in [0.2, 0.25) is 0 Å². The van der Waals surface area contributed by atoms with Crippen molar-refractivity contribution in [2.45, 2.75) is 38.4 Å². The van der Waals surface area contributed by atoms with Crippen LogP contribution in [0.5, 0.6) is 0 Å². The van der Waals surface area contributed by atoms with E-state index in [0.717, 1.165) is 37.2 Å². The highest BCUT2D eigenvalue weighted by Crippen LogP contribution is 2.26. The lowest BCUT2D eigenvalue weighted by atomic mass is 10.2. The van der Waals surface area contributed by atoms with Gasteiger partial charge in [-0.1, -0.05) is 6.92 Å². The van der Waals surface area contributed by atoms with E-state index >= 15 is 0 Å². The fourth-order valence-electron chi connectivity index (χ4n) is 2.83. The number of Topliss-reactive ketones (excluding diaryl/α,β-unsaturated/α-hetero) is 1. The molecule has 0 spiro atoms. The predicted octanol–water partition coefficient (Wildman–Crippen LogP) is 2.36. The zero-order valence-electron chi connectivity index (χ0n) is 10.7. The van der Waals surface area contributed by atoms with Gasteiger partial charge in [0, 0.05) is 18.0 Å². The van der Waals surface area contributed by atoms with Crippen molar-refractivity contribution in [3.8, 4) is 0 Å². The van der Waals surface area contributed by atoms with Crippen LogP contribution in [0.4, 0.5) is 0 Å². The fourth-order valence-corrected chi connectivity index (χ4v) is 3.70. The van der Waals surface area contributed by atoms with Gasteiger partial charge in [-0.05, 0) is 31.4 Å². The molecular formula is C14H19NO2S. The molecule has 0 amide bonds. The average molecular weight is 265 g/mol. The van der Waals surface area contributed by atoms with Gasteiger partial charge in [-0.2, -0.15) is 0 Å². The highest BCUT2D eigenvalue weighted by molar-refractivity contribution is 7.14. The van der Waals surface area contributed by atoms with Crippen molar-refractivity contribution in [3.63, 3.8) is 0 Å². The third-order valence-corrected chi connectivity index (χ3v) is 5.04. The van der Waals surface area contributed by atoms with Crippen LogP contribution in [0, 0.1) is 0 Å². The van der Waals surface area contributed by atoms with Crippen LogP contribution in [0.25, 0.3) is 0 Å². The quantitative estimate of drug-likeness (QED) is 0.783. The lowest BCUT2D eigenvalue weighted by Crippen LogP contribution is -2.44. The van der Waals surface area contributed by atoms with E-state index < -0.39 is 0 Å². The van der Waals surface area contributed by atoms with E-state index in [1.165, 1.54) is 4.88 Å². The molecular weight excluding hydrogens is 246 g/mol. The standard InChI is InChI=1S/C14H19NO2S/c1-2-12-5-6-14(18-12)13(16)9-15-7-10-3-4-11(8-15)17-10/h5-6,10-11H,2-4,7-9H2,1H3. The lowest BCUT2D eigenvalue weighted by Gasteiger charge is -2.31. The van der Waals surface area contributed by atoms with Gasteiger partial charge in [0.1, 0.15) is 0 Å². The summed E-state index contributed by atoms with van der Waals surface area (Å²) in [6, 6.07) is 4.04. The molecule has 4 heteroatoms. The van der Waals surface area contributed by atoms with E-state index in [1.807, 2.05) is 6.07 Å². The molecule has 0 saturated carbocycles. The molecule has 2 bridgehead atoms. The zero-order valence-corrected chi connectivity index (χ0v) is 11.5. The Morgan fingerprint density at radius 2 is 2.11 bits per heavy atom. The molecule has 18 heavy (non-hydrogen) atoms. The summed E-state index contributed by atoms with van der Waals surface area (Å²) in [5, 5.41) is 0. The van der Waals surface area contributed by atoms with Crippen molar-refractivity contribution >= 4 is 17.1 Å². The van der Waals surface area contributed by atoms with Crippen LogP contribution in [0.15, 0.2) is 12.1 Å². The van der Waals surface area contributed by atoms with Gasteiger partial charge in [0.25, 0.3) is 0 Å². The number of fused-ring (bicyclic) bond motifs is 2. The number of nitrogens with zero attached hydrogens (tertiary/aromatic N) is 1. The summed E-state index contributed by atoms with van der Waals surface area (Å²) in [4.78, 5) is 16.7. The summed E-state index contributed by atoms with van der Waals surface area (Å²) < 4.78 is 5.79. The van der Waals surface area contributed by atoms with E-state index in [2.05, 4.69) is 17.9 Å². The Morgan fingerprint density at radius 1 is 1.39 bits per heavy atom. The summed E-state index contributed by atoms with van der Waals surface area (Å²) in [6.45, 7) is 4.53. The largest absolute Gasteiger partial charge is 0.372 e. The molecule has 3 heterocycles. The third kappa shape index (κ3) is 2.51. The Morgan fingerprint density at radius 3 is 2.72 bits per heavy atom. The molecule has 0 radical (unpaired) electrons. The Labute approximate surface area is 112 Å². The maximum Gasteiger partial charge on any atom is 0.186 e. The first kappa shape index (κ1) is 12.3. The SMILES string of the molecule is CCc1ccc(C(=O)CN2CC3CCC(C2)O3)s1.